The fourth-order valence-corrected chi connectivity index (χ4v) is 2.39. The molecule has 0 saturated heterocycles. The van der Waals surface area contributed by atoms with Gasteiger partial charge < -0.3 is 4.74 Å². The van der Waals surface area contributed by atoms with Crippen LogP contribution in [0.5, 0.6) is 0 Å². The number of alkyl halides is 3. The second-order valence-corrected chi connectivity index (χ2v) is 5.07. The third-order valence-corrected chi connectivity index (χ3v) is 3.49. The van der Waals surface area contributed by atoms with E-state index in [-0.39, 0.29) is 17.9 Å². The average Bonchev–Trinajstić information content (AvgIpc) is 2.14. The first kappa shape index (κ1) is 15.4. The van der Waals surface area contributed by atoms with Crippen molar-refractivity contribution in [3.05, 3.63) is 0 Å². The smallest absolute Gasteiger partial charge is 0.389 e. The molecule has 0 radical (unpaired) electrons. The van der Waals surface area contributed by atoms with E-state index in [2.05, 4.69) is 4.74 Å². The molecular formula is C9H15F3O3S. The molecule has 0 spiro atoms. The van der Waals surface area contributed by atoms with Crippen LogP contribution in [0.2, 0.25) is 0 Å². The van der Waals surface area contributed by atoms with Crippen molar-refractivity contribution in [2.24, 2.45) is 5.92 Å². The van der Waals surface area contributed by atoms with Crippen molar-refractivity contribution in [2.45, 2.75) is 25.9 Å². The molecule has 7 heteroatoms. The van der Waals surface area contributed by atoms with E-state index in [1.165, 1.54) is 14.0 Å². The Morgan fingerprint density at radius 1 is 1.44 bits per heavy atom. The van der Waals surface area contributed by atoms with Crippen molar-refractivity contribution in [3.63, 3.8) is 0 Å². The lowest BCUT2D eigenvalue weighted by molar-refractivity contribution is -0.144. The van der Waals surface area contributed by atoms with Gasteiger partial charge in [0, 0.05) is 28.7 Å². The number of carbonyl (C=O) groups excluding carboxylic acids is 1. The van der Waals surface area contributed by atoms with E-state index < -0.39 is 35.3 Å². The molecule has 2 atom stereocenters. The summed E-state index contributed by atoms with van der Waals surface area (Å²) in [6.45, 7) is 1.54. The predicted molar refractivity (Wildman–Crippen MR) is 54.3 cm³/mol. The van der Waals surface area contributed by atoms with Crippen LogP contribution in [0, 0.1) is 5.92 Å². The lowest BCUT2D eigenvalue weighted by Crippen LogP contribution is -2.21. The summed E-state index contributed by atoms with van der Waals surface area (Å²) >= 11 is 0. The third-order valence-electron chi connectivity index (χ3n) is 1.87. The minimum atomic E-state index is -4.21. The summed E-state index contributed by atoms with van der Waals surface area (Å²) in [4.78, 5) is 10.9. The number of rotatable bonds is 6. The standard InChI is InChI=1S/C9H15F3O3S/c1-7(8(13)15-2)6-16(14)5-3-4-9(10,11)12/h7H,3-6H2,1-2H3. The van der Waals surface area contributed by atoms with Crippen molar-refractivity contribution in [1.29, 1.82) is 0 Å². The molecule has 0 aliphatic heterocycles. The lowest BCUT2D eigenvalue weighted by atomic mass is 10.2. The number of halogens is 3. The maximum Gasteiger partial charge on any atom is 0.389 e. The maximum absolute atomic E-state index is 11.8. The highest BCUT2D eigenvalue weighted by molar-refractivity contribution is 7.85. The van der Waals surface area contributed by atoms with Gasteiger partial charge in [-0.1, -0.05) is 6.92 Å². The van der Waals surface area contributed by atoms with Crippen molar-refractivity contribution in [3.8, 4) is 0 Å². The van der Waals surface area contributed by atoms with Gasteiger partial charge in [-0.05, 0) is 6.42 Å². The van der Waals surface area contributed by atoms with E-state index in [9.17, 15) is 22.2 Å². The SMILES string of the molecule is COC(=O)C(C)CS(=O)CCCC(F)(F)F. The van der Waals surface area contributed by atoms with Gasteiger partial charge in [-0.15, -0.1) is 0 Å². The molecule has 3 nitrogen and oxygen atoms in total. The first-order chi connectivity index (χ1) is 7.26. The zero-order valence-corrected chi connectivity index (χ0v) is 9.99. The predicted octanol–water partition coefficient (Wildman–Crippen LogP) is 1.89. The fourth-order valence-electron chi connectivity index (χ4n) is 1.07. The molecule has 0 saturated carbocycles. The highest BCUT2D eigenvalue weighted by atomic mass is 32.2. The van der Waals surface area contributed by atoms with E-state index in [4.69, 9.17) is 0 Å². The van der Waals surface area contributed by atoms with Crippen LogP contribution in [0.15, 0.2) is 0 Å². The Labute approximate surface area is 94.8 Å². The average molecular weight is 260 g/mol. The zero-order chi connectivity index (χ0) is 12.8. The van der Waals surface area contributed by atoms with Crippen LogP contribution in [0.1, 0.15) is 19.8 Å². The van der Waals surface area contributed by atoms with Gasteiger partial charge in [-0.2, -0.15) is 13.2 Å². The molecule has 0 rings (SSSR count). The Morgan fingerprint density at radius 3 is 2.44 bits per heavy atom. The summed E-state index contributed by atoms with van der Waals surface area (Å²) in [5, 5.41) is 0. The first-order valence-electron chi connectivity index (χ1n) is 4.76. The van der Waals surface area contributed by atoms with Crippen LogP contribution in [-0.4, -0.2) is 35.0 Å². The molecule has 0 aliphatic rings. The maximum atomic E-state index is 11.8. The van der Waals surface area contributed by atoms with Crippen LogP contribution in [0.25, 0.3) is 0 Å². The van der Waals surface area contributed by atoms with Gasteiger partial charge in [-0.25, -0.2) is 0 Å². The Morgan fingerprint density at radius 2 is 2.00 bits per heavy atom. The van der Waals surface area contributed by atoms with E-state index in [1.54, 1.807) is 0 Å². The summed E-state index contributed by atoms with van der Waals surface area (Å²) in [6, 6.07) is 0. The van der Waals surface area contributed by atoms with Gasteiger partial charge in [0.05, 0.1) is 13.0 Å². The van der Waals surface area contributed by atoms with Crippen molar-refractivity contribution in [2.75, 3.05) is 18.6 Å². The number of carbonyl (C=O) groups is 1. The van der Waals surface area contributed by atoms with Crippen LogP contribution in [0.3, 0.4) is 0 Å². The zero-order valence-electron chi connectivity index (χ0n) is 9.17. The van der Waals surface area contributed by atoms with Crippen LogP contribution in [0.4, 0.5) is 13.2 Å². The van der Waals surface area contributed by atoms with Gasteiger partial charge in [0.25, 0.3) is 0 Å². The van der Waals surface area contributed by atoms with Crippen molar-refractivity contribution >= 4 is 16.8 Å². The number of methoxy groups -OCH3 is 1. The molecule has 0 bridgehead atoms. The highest BCUT2D eigenvalue weighted by Gasteiger charge is 2.26. The number of hydrogen-bond acceptors (Lipinski definition) is 3. The van der Waals surface area contributed by atoms with Crippen LogP contribution >= 0.6 is 0 Å². The first-order valence-corrected chi connectivity index (χ1v) is 6.24. The Bertz CT molecular complexity index is 253. The second kappa shape index (κ2) is 6.88. The van der Waals surface area contributed by atoms with E-state index in [0.29, 0.717) is 0 Å². The number of ether oxygens (including phenoxy) is 1. The molecule has 0 fully saturated rings. The molecule has 0 aromatic rings. The largest absolute Gasteiger partial charge is 0.469 e. The van der Waals surface area contributed by atoms with Gasteiger partial charge in [-0.3, -0.25) is 9.00 Å². The monoisotopic (exact) mass is 260 g/mol. The highest BCUT2D eigenvalue weighted by Crippen LogP contribution is 2.21. The quantitative estimate of drug-likeness (QED) is 0.685. The normalized spacial score (nSPS) is 15.6. The summed E-state index contributed by atoms with van der Waals surface area (Å²) < 4.78 is 51.0. The van der Waals surface area contributed by atoms with Gasteiger partial charge in [0.2, 0.25) is 0 Å². The Kier molecular flexibility index (Phi) is 6.62. The number of esters is 1. The fraction of sp³-hybridized carbons (Fsp3) is 0.889. The molecule has 0 aromatic heterocycles. The molecule has 0 heterocycles. The second-order valence-electron chi connectivity index (χ2n) is 3.45. The van der Waals surface area contributed by atoms with E-state index in [1.807, 2.05) is 0 Å². The van der Waals surface area contributed by atoms with Crippen molar-refractivity contribution < 1.29 is 26.9 Å². The Balaban J connectivity index is 3.79. The summed E-state index contributed by atoms with van der Waals surface area (Å²) in [5.74, 6) is -1.04. The molecule has 96 valence electrons. The Hall–Kier alpha value is -0.590. The van der Waals surface area contributed by atoms with Crippen molar-refractivity contribution in [1.82, 2.24) is 0 Å². The molecule has 0 aliphatic carbocycles. The minimum absolute atomic E-state index is 0.0408. The topological polar surface area (TPSA) is 43.4 Å². The van der Waals surface area contributed by atoms with Gasteiger partial charge >= 0.3 is 12.1 Å². The van der Waals surface area contributed by atoms with Gasteiger partial charge in [0.15, 0.2) is 0 Å². The van der Waals surface area contributed by atoms with Crippen LogP contribution < -0.4 is 0 Å². The lowest BCUT2D eigenvalue weighted by Gasteiger charge is -2.09. The summed E-state index contributed by atoms with van der Waals surface area (Å²) in [7, 11) is -0.194. The molecule has 16 heavy (non-hydrogen) atoms. The van der Waals surface area contributed by atoms with Gasteiger partial charge in [0.1, 0.15) is 0 Å². The minimum Gasteiger partial charge on any atom is -0.469 e. The van der Waals surface area contributed by atoms with E-state index >= 15 is 0 Å². The molecular weight excluding hydrogens is 245 g/mol. The third kappa shape index (κ3) is 7.67. The molecule has 2 unspecified atom stereocenters. The molecule has 0 N–H and O–H groups in total. The van der Waals surface area contributed by atoms with Crippen LogP contribution in [-0.2, 0) is 20.3 Å². The molecule has 0 aromatic carbocycles. The summed E-state index contributed by atoms with van der Waals surface area (Å²) in [6.07, 6.45) is -5.33. The number of hydrogen-bond donors (Lipinski definition) is 0. The molecule has 0 amide bonds. The van der Waals surface area contributed by atoms with E-state index in [0.717, 1.165) is 0 Å². The summed E-state index contributed by atoms with van der Waals surface area (Å²) in [5.41, 5.74) is 0.